The normalized spacial score (nSPS) is 18.9. The molecule has 188 valence electrons. The highest BCUT2D eigenvalue weighted by Crippen LogP contribution is 2.33. The minimum Gasteiger partial charge on any atom is -0.497 e. The number of carbonyl (C=O) groups is 1. The number of carboxylic acid groups (broad SMARTS) is 1. The van der Waals surface area contributed by atoms with E-state index in [0.717, 1.165) is 16.5 Å². The van der Waals surface area contributed by atoms with Crippen molar-refractivity contribution in [2.45, 2.75) is 25.4 Å². The van der Waals surface area contributed by atoms with E-state index in [-0.39, 0.29) is 10.9 Å². The summed E-state index contributed by atoms with van der Waals surface area (Å²) in [6.45, 7) is 1.47. The van der Waals surface area contributed by atoms with Gasteiger partial charge in [-0.15, -0.1) is 0 Å². The van der Waals surface area contributed by atoms with Gasteiger partial charge in [0.1, 0.15) is 11.6 Å². The van der Waals surface area contributed by atoms with Crippen molar-refractivity contribution in [3.8, 4) is 17.6 Å². The zero-order chi connectivity index (χ0) is 25.7. The van der Waals surface area contributed by atoms with Crippen LogP contribution in [0.3, 0.4) is 0 Å². The predicted molar refractivity (Wildman–Crippen MR) is 136 cm³/mol. The Morgan fingerprint density at radius 2 is 2.14 bits per heavy atom. The topological polar surface area (TPSA) is 82.9 Å². The Hall–Kier alpha value is -3.18. The maximum atomic E-state index is 13.5. The molecule has 0 saturated carbocycles. The van der Waals surface area contributed by atoms with Crippen LogP contribution in [0, 0.1) is 29.5 Å². The van der Waals surface area contributed by atoms with Crippen molar-refractivity contribution < 1.29 is 24.1 Å². The van der Waals surface area contributed by atoms with Crippen molar-refractivity contribution in [3.63, 3.8) is 0 Å². The molecule has 1 fully saturated rings. The molecule has 0 aliphatic carbocycles. The van der Waals surface area contributed by atoms with Crippen LogP contribution in [0.2, 0.25) is 5.02 Å². The minimum absolute atomic E-state index is 0.0500. The number of carboxylic acids is 1. The number of hydrogen-bond donors (Lipinski definition) is 2. The Balaban J connectivity index is 1.38. The Morgan fingerprint density at radius 1 is 1.31 bits per heavy atom. The van der Waals surface area contributed by atoms with Gasteiger partial charge in [0.05, 0.1) is 31.2 Å². The monoisotopic (exact) mass is 510 g/mol. The second kappa shape index (κ2) is 11.7. The molecular formula is C28H28ClFN2O4. The van der Waals surface area contributed by atoms with Crippen molar-refractivity contribution in [2.75, 3.05) is 26.7 Å². The average molecular weight is 511 g/mol. The summed E-state index contributed by atoms with van der Waals surface area (Å²) < 4.78 is 18.8. The fourth-order valence-corrected chi connectivity index (χ4v) is 5.03. The zero-order valence-electron chi connectivity index (χ0n) is 20.0. The number of pyridine rings is 1. The van der Waals surface area contributed by atoms with Gasteiger partial charge in [0.2, 0.25) is 0 Å². The number of benzene rings is 2. The Morgan fingerprint density at radius 3 is 2.89 bits per heavy atom. The van der Waals surface area contributed by atoms with E-state index in [1.165, 1.54) is 12.1 Å². The number of aliphatic carboxylic acids is 1. The van der Waals surface area contributed by atoms with E-state index in [4.69, 9.17) is 16.3 Å². The summed E-state index contributed by atoms with van der Waals surface area (Å²) in [7, 11) is 1.59. The number of piperidine rings is 1. The molecule has 0 spiro atoms. The fourth-order valence-electron chi connectivity index (χ4n) is 4.81. The molecule has 1 aromatic heterocycles. The summed E-state index contributed by atoms with van der Waals surface area (Å²) in [5.74, 6) is 4.70. The zero-order valence-corrected chi connectivity index (χ0v) is 20.7. The Kier molecular flexibility index (Phi) is 8.42. The molecule has 3 aromatic rings. The largest absolute Gasteiger partial charge is 0.497 e. The number of aliphatic hydroxyl groups is 1. The third kappa shape index (κ3) is 6.33. The highest BCUT2D eigenvalue weighted by Gasteiger charge is 2.34. The van der Waals surface area contributed by atoms with Crippen LogP contribution in [0.15, 0.2) is 48.7 Å². The van der Waals surface area contributed by atoms with Gasteiger partial charge in [-0.2, -0.15) is 0 Å². The number of methoxy groups -OCH3 is 1. The van der Waals surface area contributed by atoms with E-state index in [0.29, 0.717) is 50.2 Å². The molecule has 4 rings (SSSR count). The lowest BCUT2D eigenvalue weighted by Gasteiger charge is -2.36. The van der Waals surface area contributed by atoms with Gasteiger partial charge in [0.15, 0.2) is 0 Å². The first-order valence-corrected chi connectivity index (χ1v) is 12.2. The number of hydrogen-bond acceptors (Lipinski definition) is 5. The van der Waals surface area contributed by atoms with Gasteiger partial charge in [0.25, 0.3) is 0 Å². The summed E-state index contributed by atoms with van der Waals surface area (Å²) in [6.07, 6.45) is 2.67. The van der Waals surface area contributed by atoms with Crippen LogP contribution in [-0.4, -0.2) is 52.8 Å². The van der Waals surface area contributed by atoms with Crippen molar-refractivity contribution in [3.05, 3.63) is 70.6 Å². The molecule has 0 radical (unpaired) electrons. The second-order valence-electron chi connectivity index (χ2n) is 9.06. The van der Waals surface area contributed by atoms with Gasteiger partial charge in [-0.25, -0.2) is 4.39 Å². The number of likely N-dealkylation sites (tertiary alicyclic amines) is 1. The highest BCUT2D eigenvalue weighted by atomic mass is 35.5. The molecule has 0 amide bonds. The van der Waals surface area contributed by atoms with Crippen molar-refractivity contribution in [1.82, 2.24) is 9.88 Å². The fraction of sp³-hybridized carbons (Fsp3) is 0.357. The molecule has 0 bridgehead atoms. The number of aliphatic hydroxyl groups excluding tert-OH is 1. The van der Waals surface area contributed by atoms with Gasteiger partial charge >= 0.3 is 5.97 Å². The summed E-state index contributed by atoms with van der Waals surface area (Å²) in [4.78, 5) is 18.4. The van der Waals surface area contributed by atoms with E-state index in [1.54, 1.807) is 25.4 Å². The highest BCUT2D eigenvalue weighted by molar-refractivity contribution is 6.30. The summed E-state index contributed by atoms with van der Waals surface area (Å²) in [6, 6.07) is 11.5. The van der Waals surface area contributed by atoms with E-state index in [9.17, 15) is 19.4 Å². The van der Waals surface area contributed by atoms with Crippen LogP contribution in [0.4, 0.5) is 4.39 Å². The molecule has 1 aliphatic heterocycles. The summed E-state index contributed by atoms with van der Waals surface area (Å²) in [5.41, 5.74) is 2.02. The molecule has 1 aliphatic rings. The van der Waals surface area contributed by atoms with E-state index in [2.05, 4.69) is 16.8 Å². The van der Waals surface area contributed by atoms with Gasteiger partial charge in [0, 0.05) is 28.7 Å². The van der Waals surface area contributed by atoms with Crippen LogP contribution in [0.5, 0.6) is 5.75 Å². The molecule has 6 nitrogen and oxygen atoms in total. The van der Waals surface area contributed by atoms with E-state index < -0.39 is 23.8 Å². The lowest BCUT2D eigenvalue weighted by Crippen LogP contribution is -2.44. The molecule has 3 atom stereocenters. The molecule has 8 heteroatoms. The molecule has 2 N–H and O–H groups in total. The maximum Gasteiger partial charge on any atom is 0.308 e. The van der Waals surface area contributed by atoms with Crippen LogP contribution in [-0.2, 0) is 4.79 Å². The molecule has 2 heterocycles. The van der Waals surface area contributed by atoms with Crippen molar-refractivity contribution >= 4 is 28.5 Å². The molecule has 0 unspecified atom stereocenters. The van der Waals surface area contributed by atoms with E-state index >= 15 is 0 Å². The number of rotatable bonds is 7. The number of aromatic nitrogens is 1. The number of fused-ring (bicyclic) bond motifs is 1. The number of nitrogens with zero attached hydrogens (tertiary/aromatic N) is 2. The molecule has 2 aromatic carbocycles. The second-order valence-corrected chi connectivity index (χ2v) is 9.50. The van der Waals surface area contributed by atoms with Crippen molar-refractivity contribution in [1.29, 1.82) is 0 Å². The average Bonchev–Trinajstić information content (AvgIpc) is 2.86. The Labute approximate surface area is 214 Å². The van der Waals surface area contributed by atoms with Crippen LogP contribution in [0.1, 0.15) is 36.5 Å². The maximum absolute atomic E-state index is 13.5. The smallest absolute Gasteiger partial charge is 0.308 e. The quantitative estimate of drug-likeness (QED) is 0.439. The first kappa shape index (κ1) is 25.9. The number of halogens is 2. The molecular weight excluding hydrogens is 483 g/mol. The Bertz CT molecular complexity index is 1290. The van der Waals surface area contributed by atoms with Gasteiger partial charge in [-0.3, -0.25) is 14.7 Å². The van der Waals surface area contributed by atoms with Gasteiger partial charge in [-0.1, -0.05) is 23.4 Å². The summed E-state index contributed by atoms with van der Waals surface area (Å²) >= 11 is 5.87. The molecule has 1 saturated heterocycles. The predicted octanol–water partition coefficient (Wildman–Crippen LogP) is 4.92. The van der Waals surface area contributed by atoms with Gasteiger partial charge < -0.3 is 14.9 Å². The standard InChI is InChI=1S/C28H28ClFN2O4/c1-36-22-5-6-26-24(16-22)23(8-10-31-26)27(33)7-4-19-9-12-32(17-25(19)28(34)35)11-2-3-18-13-20(29)15-21(30)14-18/h5-6,8,10,13-16,19,25,27,33H,4,7,9,11-12,17H2,1H3,(H,34,35)/t19-,25+,27+/m1/s1. The third-order valence-electron chi connectivity index (χ3n) is 6.71. The van der Waals surface area contributed by atoms with Crippen LogP contribution >= 0.6 is 11.6 Å². The number of ether oxygens (including phenoxy) is 1. The van der Waals surface area contributed by atoms with E-state index in [1.807, 2.05) is 23.1 Å². The SMILES string of the molecule is COc1ccc2nccc([C@@H](O)CC[C@@H]3CCN(CC#Cc4cc(F)cc(Cl)c4)C[C@@H]3C(=O)O)c2c1. The first-order chi connectivity index (χ1) is 17.3. The third-order valence-corrected chi connectivity index (χ3v) is 6.93. The van der Waals surface area contributed by atoms with Gasteiger partial charge in [-0.05, 0) is 79.8 Å². The lowest BCUT2D eigenvalue weighted by atomic mass is 9.81. The van der Waals surface area contributed by atoms with Crippen LogP contribution < -0.4 is 4.74 Å². The first-order valence-electron chi connectivity index (χ1n) is 11.8. The molecule has 36 heavy (non-hydrogen) atoms. The minimum atomic E-state index is -0.844. The van der Waals surface area contributed by atoms with Crippen molar-refractivity contribution in [2.24, 2.45) is 11.8 Å². The summed E-state index contributed by atoms with van der Waals surface area (Å²) in [5, 5.41) is 22.0. The van der Waals surface area contributed by atoms with Crippen LogP contribution in [0.25, 0.3) is 10.9 Å². The lowest BCUT2D eigenvalue weighted by molar-refractivity contribution is -0.146.